The molecule has 2 heterocycles. The van der Waals surface area contributed by atoms with E-state index >= 15 is 0 Å². The quantitative estimate of drug-likeness (QED) is 0.143. The predicted octanol–water partition coefficient (Wildman–Crippen LogP) is 4.40. The van der Waals surface area contributed by atoms with E-state index in [1.165, 1.54) is 10.1 Å². The van der Waals surface area contributed by atoms with Crippen LogP contribution in [0.5, 0.6) is 0 Å². The average molecular weight is 725 g/mol. The summed E-state index contributed by atoms with van der Waals surface area (Å²) in [6.07, 6.45) is 11.1. The van der Waals surface area contributed by atoms with Crippen LogP contribution in [0.25, 0.3) is 0 Å². The number of nitrogens with zero attached hydrogens (tertiary/aromatic N) is 2. The van der Waals surface area contributed by atoms with E-state index in [9.17, 15) is 21.4 Å². The molecule has 8 nitrogen and oxygen atoms in total. The molecule has 2 saturated carbocycles. The smallest absolute Gasteiger partial charge is 0.264 e. The van der Waals surface area contributed by atoms with Crippen LogP contribution in [-0.2, 0) is 20.2 Å². The number of unbranched alkanes of at least 4 members (excludes halogenated alkanes) is 2. The highest BCUT2D eigenvalue weighted by molar-refractivity contribution is 9.09. The minimum Gasteiger partial charge on any atom is -0.748 e. The van der Waals surface area contributed by atoms with Gasteiger partial charge in [0.15, 0.2) is 6.04 Å². The Hall–Kier alpha value is 0.690. The highest BCUT2D eigenvalue weighted by Crippen LogP contribution is 2.48. The van der Waals surface area contributed by atoms with Gasteiger partial charge in [0.1, 0.15) is 6.54 Å². The highest BCUT2D eigenvalue weighted by Gasteiger charge is 2.47. The summed E-state index contributed by atoms with van der Waals surface area (Å²) >= 11 is 11.5. The lowest BCUT2D eigenvalue weighted by molar-refractivity contribution is -0.561. The van der Waals surface area contributed by atoms with E-state index in [0.29, 0.717) is 57.9 Å². The second-order valence-electron chi connectivity index (χ2n) is 10.4. The van der Waals surface area contributed by atoms with Crippen LogP contribution < -0.4 is 0 Å². The summed E-state index contributed by atoms with van der Waals surface area (Å²) in [4.78, 5) is 3.40. The lowest BCUT2D eigenvalue weighted by atomic mass is 9.93. The Balaban J connectivity index is 1.55. The predicted molar refractivity (Wildman–Crippen MR) is 158 cm³/mol. The maximum atomic E-state index is 11.2. The molecule has 0 aromatic carbocycles. The van der Waals surface area contributed by atoms with Crippen molar-refractivity contribution in [1.82, 2.24) is 4.90 Å². The summed E-state index contributed by atoms with van der Waals surface area (Å²) in [5.41, 5.74) is 0. The van der Waals surface area contributed by atoms with Crippen molar-refractivity contribution in [1.29, 1.82) is 0 Å². The lowest BCUT2D eigenvalue weighted by Gasteiger charge is -2.34. The molecule has 4 aliphatic rings. The molecule has 4 rings (SSSR count). The first-order chi connectivity index (χ1) is 17.4. The van der Waals surface area contributed by atoms with Gasteiger partial charge in [0.25, 0.3) is 10.1 Å². The van der Waals surface area contributed by atoms with Crippen molar-refractivity contribution in [2.45, 2.75) is 96.4 Å². The summed E-state index contributed by atoms with van der Waals surface area (Å²) in [5.74, 6) is -0.525. The SMILES string of the molecule is O=S(=O)([O-])CCCCN1C(=CC2=[N+](CCCCS(=O)(=O)O)C3CC(Br)CCC3S2)SC2CCC(Br)CC21. The number of hydrogen-bond donors (Lipinski definition) is 1. The summed E-state index contributed by atoms with van der Waals surface area (Å²) in [5, 5.41) is 3.47. The van der Waals surface area contributed by atoms with Crippen molar-refractivity contribution in [2.75, 3.05) is 24.6 Å². The van der Waals surface area contributed by atoms with Gasteiger partial charge in [0.05, 0.1) is 26.1 Å². The van der Waals surface area contributed by atoms with E-state index < -0.39 is 20.2 Å². The summed E-state index contributed by atoms with van der Waals surface area (Å²) in [6, 6.07) is 0.791. The lowest BCUT2D eigenvalue weighted by Crippen LogP contribution is -2.40. The molecule has 2 aliphatic heterocycles. The third-order valence-electron chi connectivity index (χ3n) is 7.63. The first-order valence-corrected chi connectivity index (χ1v) is 19.8. The molecule has 0 spiro atoms. The Morgan fingerprint density at radius 1 is 0.946 bits per heavy atom. The van der Waals surface area contributed by atoms with Crippen LogP contribution in [0.3, 0.4) is 0 Å². The molecule has 3 fully saturated rings. The highest BCUT2D eigenvalue weighted by atomic mass is 79.9. The number of halogens is 2. The molecule has 0 bridgehead atoms. The van der Waals surface area contributed by atoms with E-state index in [1.807, 2.05) is 23.5 Å². The van der Waals surface area contributed by atoms with Crippen molar-refractivity contribution in [3.63, 3.8) is 0 Å². The van der Waals surface area contributed by atoms with Gasteiger partial charge in [-0.3, -0.25) is 4.55 Å². The zero-order valence-electron chi connectivity index (χ0n) is 20.7. The fourth-order valence-electron chi connectivity index (χ4n) is 5.86. The van der Waals surface area contributed by atoms with E-state index in [0.717, 1.165) is 51.6 Å². The van der Waals surface area contributed by atoms with E-state index in [2.05, 4.69) is 47.4 Å². The topological polar surface area (TPSA) is 118 Å². The fraction of sp³-hybridized carbons (Fsp3) is 0.870. The van der Waals surface area contributed by atoms with Crippen LogP contribution in [0.1, 0.15) is 64.2 Å². The van der Waals surface area contributed by atoms with Crippen molar-refractivity contribution in [3.8, 4) is 0 Å². The third-order valence-corrected chi connectivity index (χ3v) is 13.8. The Kier molecular flexibility index (Phi) is 10.9. The number of rotatable bonds is 11. The standard InChI is InChI=1S/C23H36Br2N2O6S4/c24-16-5-7-20-18(13-16)26(9-1-3-11-36(28,29)30)22(34-20)15-23-27(10-2-4-12-37(31,32)33)19-14-17(25)6-8-21(19)35-23/h15-21H,1-14H2,(H-,28,29,30,31,32,33). The normalized spacial score (nSPS) is 33.7. The van der Waals surface area contributed by atoms with Gasteiger partial charge in [0.2, 0.25) is 5.04 Å². The molecular formula is C23H36Br2N2O6S4. The van der Waals surface area contributed by atoms with Crippen LogP contribution in [0.4, 0.5) is 0 Å². The van der Waals surface area contributed by atoms with Crippen LogP contribution in [0.15, 0.2) is 11.1 Å². The van der Waals surface area contributed by atoms with E-state index in [4.69, 9.17) is 4.55 Å². The molecule has 0 radical (unpaired) electrons. The monoisotopic (exact) mass is 722 g/mol. The molecule has 0 aromatic heterocycles. The van der Waals surface area contributed by atoms with Gasteiger partial charge in [-0.05, 0) is 63.1 Å². The average Bonchev–Trinajstić information content (AvgIpc) is 3.30. The van der Waals surface area contributed by atoms with Crippen LogP contribution in [0.2, 0.25) is 0 Å². The number of thioether (sulfide) groups is 2. The molecule has 14 heteroatoms. The summed E-state index contributed by atoms with van der Waals surface area (Å²) in [6.45, 7) is 1.49. The van der Waals surface area contributed by atoms with Crippen LogP contribution in [0, 0.1) is 0 Å². The van der Waals surface area contributed by atoms with Gasteiger partial charge in [0, 0.05) is 52.2 Å². The van der Waals surface area contributed by atoms with Crippen molar-refractivity contribution < 1.29 is 30.5 Å². The largest absolute Gasteiger partial charge is 0.748 e. The first kappa shape index (κ1) is 30.6. The second kappa shape index (κ2) is 13.1. The maximum Gasteiger partial charge on any atom is 0.264 e. The summed E-state index contributed by atoms with van der Waals surface area (Å²) < 4.78 is 67.2. The fourth-order valence-corrected chi connectivity index (χ4v) is 11.4. The maximum absolute atomic E-state index is 11.2. The molecule has 2 aliphatic carbocycles. The van der Waals surface area contributed by atoms with Gasteiger partial charge < -0.3 is 9.45 Å². The summed E-state index contributed by atoms with van der Waals surface area (Å²) in [7, 11) is -8.15. The Morgan fingerprint density at radius 3 is 2.32 bits per heavy atom. The number of fused-ring (bicyclic) bond motifs is 2. The van der Waals surface area contributed by atoms with E-state index in [1.54, 1.807) is 0 Å². The van der Waals surface area contributed by atoms with Gasteiger partial charge >= 0.3 is 0 Å². The van der Waals surface area contributed by atoms with Crippen molar-refractivity contribution >= 4 is 80.7 Å². The Morgan fingerprint density at radius 2 is 1.62 bits per heavy atom. The molecule has 6 unspecified atom stereocenters. The Labute approximate surface area is 246 Å². The van der Waals surface area contributed by atoms with E-state index in [-0.39, 0.29) is 11.5 Å². The van der Waals surface area contributed by atoms with Gasteiger partial charge in [-0.1, -0.05) is 31.9 Å². The minimum atomic E-state index is -4.20. The zero-order chi connectivity index (χ0) is 26.8. The molecule has 1 saturated heterocycles. The van der Waals surface area contributed by atoms with Gasteiger partial charge in [-0.25, -0.2) is 13.0 Å². The molecule has 0 amide bonds. The molecule has 212 valence electrons. The second-order valence-corrected chi connectivity index (χ2v) is 18.6. The van der Waals surface area contributed by atoms with Crippen LogP contribution in [-0.4, -0.2) is 97.3 Å². The molecule has 37 heavy (non-hydrogen) atoms. The minimum absolute atomic E-state index is 0.209. The molecule has 6 atom stereocenters. The van der Waals surface area contributed by atoms with Crippen molar-refractivity contribution in [2.24, 2.45) is 0 Å². The Bertz CT molecular complexity index is 1100. The number of alkyl halides is 2. The van der Waals surface area contributed by atoms with Gasteiger partial charge in [-0.15, -0.1) is 11.8 Å². The van der Waals surface area contributed by atoms with Gasteiger partial charge in [-0.2, -0.15) is 8.42 Å². The van der Waals surface area contributed by atoms with Crippen molar-refractivity contribution in [3.05, 3.63) is 11.1 Å². The first-order valence-electron chi connectivity index (χ1n) is 13.0. The third kappa shape index (κ3) is 8.84. The molecule has 0 aromatic rings. The molecular weight excluding hydrogens is 688 g/mol. The number of hydrogen-bond acceptors (Lipinski definition) is 8. The molecule has 1 N–H and O–H groups in total. The van der Waals surface area contributed by atoms with Crippen LogP contribution >= 0.6 is 55.4 Å². The zero-order valence-corrected chi connectivity index (χ0v) is 27.2.